The van der Waals surface area contributed by atoms with Crippen molar-refractivity contribution in [1.82, 2.24) is 20.8 Å². The van der Waals surface area contributed by atoms with Crippen LogP contribution < -0.4 is 10.6 Å². The fourth-order valence-corrected chi connectivity index (χ4v) is 2.51. The molecule has 0 atom stereocenters. The molecule has 3 rings (SSSR count). The molecule has 0 saturated heterocycles. The minimum atomic E-state index is -0.258. The maximum atomic E-state index is 13.1. The highest BCUT2D eigenvalue weighted by Crippen LogP contribution is 2.15. The smallest absolute Gasteiger partial charge is 0.272 e. The largest absolute Gasteiger partial charge is 0.350 e. The molecule has 1 amide bonds. The number of nitrogens with zero attached hydrogens (tertiary/aromatic N) is 1. The lowest BCUT2D eigenvalue weighted by molar-refractivity contribution is 0.0948. The first-order valence-corrected chi connectivity index (χ1v) is 7.03. The third-order valence-corrected chi connectivity index (χ3v) is 3.61. The summed E-state index contributed by atoms with van der Waals surface area (Å²) in [5.74, 6) is -0.445. The maximum absolute atomic E-state index is 13.1. The second kappa shape index (κ2) is 6.05. The Kier molecular flexibility index (Phi) is 3.96. The van der Waals surface area contributed by atoms with Crippen molar-refractivity contribution < 1.29 is 9.18 Å². The molecule has 21 heavy (non-hydrogen) atoms. The van der Waals surface area contributed by atoms with Crippen LogP contribution in [0.2, 0.25) is 0 Å². The van der Waals surface area contributed by atoms with E-state index in [2.05, 4.69) is 20.8 Å². The van der Waals surface area contributed by atoms with E-state index in [1.807, 2.05) is 6.07 Å². The van der Waals surface area contributed by atoms with E-state index < -0.39 is 0 Å². The van der Waals surface area contributed by atoms with E-state index in [1.54, 1.807) is 6.07 Å². The number of carbonyl (C=O) groups is 1. The molecular formula is C15H17FN4O. The monoisotopic (exact) mass is 288 g/mol. The van der Waals surface area contributed by atoms with Gasteiger partial charge in [-0.25, -0.2) is 4.39 Å². The van der Waals surface area contributed by atoms with Gasteiger partial charge in [-0.15, -0.1) is 0 Å². The molecule has 0 radical (unpaired) electrons. The highest BCUT2D eigenvalue weighted by molar-refractivity contribution is 5.94. The molecule has 3 N–H and O–H groups in total. The van der Waals surface area contributed by atoms with Crippen LogP contribution in [0.5, 0.6) is 0 Å². The van der Waals surface area contributed by atoms with Crippen molar-refractivity contribution in [2.45, 2.75) is 19.4 Å². The Labute approximate surface area is 121 Å². The number of hydrogen-bond acceptors (Lipinski definition) is 3. The van der Waals surface area contributed by atoms with Crippen molar-refractivity contribution in [3.63, 3.8) is 0 Å². The fourth-order valence-electron chi connectivity index (χ4n) is 2.51. The number of H-pyrrole nitrogens is 1. The Balaban J connectivity index is 1.58. The molecule has 0 spiro atoms. The fraction of sp³-hybridized carbons (Fsp3) is 0.333. The summed E-state index contributed by atoms with van der Waals surface area (Å²) >= 11 is 0. The van der Waals surface area contributed by atoms with Crippen molar-refractivity contribution in [3.8, 4) is 0 Å². The summed E-state index contributed by atoms with van der Waals surface area (Å²) in [6.45, 7) is 2.02. The van der Waals surface area contributed by atoms with Gasteiger partial charge in [-0.05, 0) is 24.1 Å². The topological polar surface area (TPSA) is 69.8 Å². The average Bonchev–Trinajstić information content (AvgIpc) is 2.91. The van der Waals surface area contributed by atoms with Gasteiger partial charge < -0.3 is 10.6 Å². The molecule has 2 aromatic rings. The molecule has 0 aliphatic carbocycles. The van der Waals surface area contributed by atoms with E-state index in [0.29, 0.717) is 25.2 Å². The van der Waals surface area contributed by atoms with Crippen molar-refractivity contribution >= 4 is 5.91 Å². The molecule has 2 heterocycles. The first-order valence-electron chi connectivity index (χ1n) is 7.03. The lowest BCUT2D eigenvalue weighted by Gasteiger charge is -2.12. The molecule has 110 valence electrons. The van der Waals surface area contributed by atoms with Gasteiger partial charge in [0.1, 0.15) is 5.82 Å². The summed E-state index contributed by atoms with van der Waals surface area (Å²) < 4.78 is 13.1. The highest BCUT2D eigenvalue weighted by Gasteiger charge is 2.21. The van der Waals surface area contributed by atoms with Crippen LogP contribution in [0.4, 0.5) is 4.39 Å². The van der Waals surface area contributed by atoms with E-state index in [9.17, 15) is 9.18 Å². The van der Waals surface area contributed by atoms with Crippen molar-refractivity contribution in [3.05, 3.63) is 52.6 Å². The zero-order valence-electron chi connectivity index (χ0n) is 11.6. The number of rotatable bonds is 4. The third kappa shape index (κ3) is 3.11. The van der Waals surface area contributed by atoms with E-state index in [-0.39, 0.29) is 11.7 Å². The van der Waals surface area contributed by atoms with Gasteiger partial charge in [0.25, 0.3) is 5.91 Å². The Morgan fingerprint density at radius 1 is 1.43 bits per heavy atom. The number of hydrogen-bond donors (Lipinski definition) is 3. The van der Waals surface area contributed by atoms with Crippen molar-refractivity contribution in [2.75, 3.05) is 13.1 Å². The number of aromatic nitrogens is 2. The SMILES string of the molecule is O=C(NCCc1cccc(F)c1)c1n[nH]c2c1CNCC2. The minimum Gasteiger partial charge on any atom is -0.350 e. The average molecular weight is 288 g/mol. The number of halogens is 1. The van der Waals surface area contributed by atoms with E-state index >= 15 is 0 Å². The van der Waals surface area contributed by atoms with Gasteiger partial charge >= 0.3 is 0 Å². The Bertz CT molecular complexity index is 653. The minimum absolute atomic E-state index is 0.187. The van der Waals surface area contributed by atoms with Crippen LogP contribution in [-0.4, -0.2) is 29.2 Å². The third-order valence-electron chi connectivity index (χ3n) is 3.61. The quantitative estimate of drug-likeness (QED) is 0.791. The van der Waals surface area contributed by atoms with Crippen molar-refractivity contribution in [2.24, 2.45) is 0 Å². The molecule has 1 aromatic heterocycles. The maximum Gasteiger partial charge on any atom is 0.272 e. The van der Waals surface area contributed by atoms with Gasteiger partial charge in [-0.3, -0.25) is 9.89 Å². The second-order valence-electron chi connectivity index (χ2n) is 5.09. The molecule has 5 nitrogen and oxygen atoms in total. The van der Waals surface area contributed by atoms with Crippen LogP contribution >= 0.6 is 0 Å². The predicted octanol–water partition coefficient (Wildman–Crippen LogP) is 1.17. The van der Waals surface area contributed by atoms with Crippen LogP contribution in [-0.2, 0) is 19.4 Å². The molecule has 0 saturated carbocycles. The Morgan fingerprint density at radius 3 is 3.19 bits per heavy atom. The number of fused-ring (bicyclic) bond motifs is 1. The van der Waals surface area contributed by atoms with E-state index in [0.717, 1.165) is 29.8 Å². The Morgan fingerprint density at radius 2 is 2.33 bits per heavy atom. The van der Waals surface area contributed by atoms with E-state index in [4.69, 9.17) is 0 Å². The van der Waals surface area contributed by atoms with Crippen LogP contribution in [0.3, 0.4) is 0 Å². The lowest BCUT2D eigenvalue weighted by Crippen LogP contribution is -2.29. The number of carbonyl (C=O) groups excluding carboxylic acids is 1. The van der Waals surface area contributed by atoms with Crippen LogP contribution in [0, 0.1) is 5.82 Å². The standard InChI is InChI=1S/C15H17FN4O/c16-11-3-1-2-10(8-11)4-7-18-15(21)14-12-9-17-6-5-13(12)19-20-14/h1-3,8,17H,4-7,9H2,(H,18,21)(H,19,20). The summed E-state index contributed by atoms with van der Waals surface area (Å²) in [6, 6.07) is 6.40. The zero-order valence-corrected chi connectivity index (χ0v) is 11.6. The number of benzene rings is 1. The summed E-state index contributed by atoms with van der Waals surface area (Å²) in [7, 11) is 0. The molecule has 0 unspecified atom stereocenters. The summed E-state index contributed by atoms with van der Waals surface area (Å²) in [4.78, 5) is 12.1. The number of amides is 1. The first kappa shape index (κ1) is 13.8. The van der Waals surface area contributed by atoms with Gasteiger partial charge in [-0.2, -0.15) is 5.10 Å². The lowest BCUT2D eigenvalue weighted by atomic mass is 10.1. The molecule has 0 fully saturated rings. The molecule has 1 aliphatic rings. The van der Waals surface area contributed by atoms with Crippen LogP contribution in [0.25, 0.3) is 0 Å². The number of aromatic amines is 1. The van der Waals surface area contributed by atoms with Gasteiger partial charge in [-0.1, -0.05) is 12.1 Å². The Hall–Kier alpha value is -2.21. The van der Waals surface area contributed by atoms with Crippen molar-refractivity contribution in [1.29, 1.82) is 0 Å². The predicted molar refractivity (Wildman–Crippen MR) is 76.4 cm³/mol. The van der Waals surface area contributed by atoms with Crippen LogP contribution in [0.15, 0.2) is 24.3 Å². The zero-order chi connectivity index (χ0) is 14.7. The molecular weight excluding hydrogens is 271 g/mol. The van der Waals surface area contributed by atoms with Gasteiger partial charge in [0.2, 0.25) is 0 Å². The summed E-state index contributed by atoms with van der Waals surface area (Å²) in [6.07, 6.45) is 1.45. The molecule has 1 aliphatic heterocycles. The molecule has 0 bridgehead atoms. The highest BCUT2D eigenvalue weighted by atomic mass is 19.1. The molecule has 6 heteroatoms. The summed E-state index contributed by atoms with van der Waals surface area (Å²) in [5.41, 5.74) is 3.30. The summed E-state index contributed by atoms with van der Waals surface area (Å²) in [5, 5.41) is 13.1. The van der Waals surface area contributed by atoms with Crippen LogP contribution in [0.1, 0.15) is 27.3 Å². The van der Waals surface area contributed by atoms with Gasteiger partial charge in [0.15, 0.2) is 5.69 Å². The van der Waals surface area contributed by atoms with Gasteiger partial charge in [0.05, 0.1) is 0 Å². The molecule has 1 aromatic carbocycles. The second-order valence-corrected chi connectivity index (χ2v) is 5.09. The van der Waals surface area contributed by atoms with Gasteiger partial charge in [0, 0.05) is 37.3 Å². The normalized spacial score (nSPS) is 13.8. The first-order chi connectivity index (χ1) is 10.2. The van der Waals surface area contributed by atoms with E-state index in [1.165, 1.54) is 12.1 Å². The number of nitrogens with one attached hydrogen (secondary N) is 3.